The SMILES string of the molecule is CCOC(=O)CCC/C=C\C=C\C=O. The first-order chi connectivity index (χ1) is 6.81. The number of carbonyl (C=O) groups is 2. The summed E-state index contributed by atoms with van der Waals surface area (Å²) < 4.78 is 4.76. The van der Waals surface area contributed by atoms with Crippen molar-refractivity contribution < 1.29 is 14.3 Å². The largest absolute Gasteiger partial charge is 0.466 e. The van der Waals surface area contributed by atoms with E-state index < -0.39 is 0 Å². The maximum atomic E-state index is 10.9. The van der Waals surface area contributed by atoms with Crippen LogP contribution in [0.4, 0.5) is 0 Å². The average Bonchev–Trinajstić information content (AvgIpc) is 2.17. The van der Waals surface area contributed by atoms with Crippen LogP contribution in [0.1, 0.15) is 26.2 Å². The van der Waals surface area contributed by atoms with Crippen LogP contribution < -0.4 is 0 Å². The van der Waals surface area contributed by atoms with Gasteiger partial charge in [-0.3, -0.25) is 9.59 Å². The van der Waals surface area contributed by atoms with Gasteiger partial charge in [0.1, 0.15) is 6.29 Å². The molecule has 0 saturated heterocycles. The molecule has 0 atom stereocenters. The van der Waals surface area contributed by atoms with Gasteiger partial charge in [0.25, 0.3) is 0 Å². The summed E-state index contributed by atoms with van der Waals surface area (Å²) >= 11 is 0. The van der Waals surface area contributed by atoms with Crippen molar-refractivity contribution in [2.75, 3.05) is 6.61 Å². The highest BCUT2D eigenvalue weighted by Gasteiger charge is 1.98. The molecular weight excluding hydrogens is 180 g/mol. The molecule has 3 nitrogen and oxygen atoms in total. The van der Waals surface area contributed by atoms with E-state index in [9.17, 15) is 9.59 Å². The molecular formula is C11H16O3. The molecule has 14 heavy (non-hydrogen) atoms. The van der Waals surface area contributed by atoms with Gasteiger partial charge in [0.2, 0.25) is 0 Å². The van der Waals surface area contributed by atoms with Gasteiger partial charge in [-0.15, -0.1) is 0 Å². The minimum Gasteiger partial charge on any atom is -0.466 e. The molecule has 3 heteroatoms. The number of unbranched alkanes of at least 4 members (excludes halogenated alkanes) is 1. The summed E-state index contributed by atoms with van der Waals surface area (Å²) in [6.45, 7) is 2.23. The molecule has 0 aromatic carbocycles. The number of rotatable bonds is 7. The van der Waals surface area contributed by atoms with Gasteiger partial charge in [0.15, 0.2) is 0 Å². The van der Waals surface area contributed by atoms with Crippen LogP contribution in [0.2, 0.25) is 0 Å². The second-order valence-electron chi connectivity index (χ2n) is 2.65. The highest BCUT2D eigenvalue weighted by atomic mass is 16.5. The Balaban J connectivity index is 3.36. The van der Waals surface area contributed by atoms with Gasteiger partial charge < -0.3 is 4.74 Å². The number of aldehydes is 1. The number of hydrogen-bond acceptors (Lipinski definition) is 3. The smallest absolute Gasteiger partial charge is 0.305 e. The third-order valence-corrected chi connectivity index (χ3v) is 1.49. The molecule has 0 unspecified atom stereocenters. The summed E-state index contributed by atoms with van der Waals surface area (Å²) in [7, 11) is 0. The second-order valence-corrected chi connectivity index (χ2v) is 2.65. The van der Waals surface area contributed by atoms with E-state index in [2.05, 4.69) is 0 Å². The van der Waals surface area contributed by atoms with E-state index in [4.69, 9.17) is 4.74 Å². The van der Waals surface area contributed by atoms with E-state index in [1.807, 2.05) is 6.08 Å². The first-order valence-electron chi connectivity index (χ1n) is 4.73. The Bertz CT molecular complexity index is 217. The fourth-order valence-corrected chi connectivity index (χ4v) is 0.882. The van der Waals surface area contributed by atoms with Crippen molar-refractivity contribution in [2.45, 2.75) is 26.2 Å². The Morgan fingerprint density at radius 3 is 2.71 bits per heavy atom. The Morgan fingerprint density at radius 1 is 1.29 bits per heavy atom. The zero-order valence-electron chi connectivity index (χ0n) is 8.44. The molecule has 0 radical (unpaired) electrons. The van der Waals surface area contributed by atoms with Gasteiger partial charge in [0.05, 0.1) is 6.61 Å². The number of ether oxygens (including phenoxy) is 1. The van der Waals surface area contributed by atoms with Crippen LogP contribution >= 0.6 is 0 Å². The molecule has 0 heterocycles. The summed E-state index contributed by atoms with van der Waals surface area (Å²) in [5, 5.41) is 0. The minimum atomic E-state index is -0.149. The lowest BCUT2D eigenvalue weighted by Crippen LogP contribution is -2.02. The lowest BCUT2D eigenvalue weighted by atomic mass is 10.2. The van der Waals surface area contributed by atoms with E-state index in [-0.39, 0.29) is 5.97 Å². The summed E-state index contributed by atoms with van der Waals surface area (Å²) in [6.07, 6.45) is 9.57. The van der Waals surface area contributed by atoms with Crippen molar-refractivity contribution in [3.8, 4) is 0 Å². The van der Waals surface area contributed by atoms with Crippen LogP contribution in [-0.2, 0) is 14.3 Å². The van der Waals surface area contributed by atoms with E-state index in [1.165, 1.54) is 6.08 Å². The Hall–Kier alpha value is -1.38. The van der Waals surface area contributed by atoms with E-state index in [0.717, 1.165) is 19.1 Å². The maximum absolute atomic E-state index is 10.9. The number of esters is 1. The van der Waals surface area contributed by atoms with Crippen LogP contribution in [0.5, 0.6) is 0 Å². The topological polar surface area (TPSA) is 43.4 Å². The lowest BCUT2D eigenvalue weighted by Gasteiger charge is -1.98. The normalized spacial score (nSPS) is 10.9. The predicted molar refractivity (Wildman–Crippen MR) is 54.8 cm³/mol. The third kappa shape index (κ3) is 8.71. The molecule has 0 aromatic heterocycles. The molecule has 0 aliphatic rings. The van der Waals surface area contributed by atoms with E-state index in [0.29, 0.717) is 13.0 Å². The molecule has 0 amide bonds. The van der Waals surface area contributed by atoms with Gasteiger partial charge in [-0.1, -0.05) is 18.2 Å². The third-order valence-electron chi connectivity index (χ3n) is 1.49. The molecule has 0 saturated carbocycles. The van der Waals surface area contributed by atoms with Crippen LogP contribution in [0.25, 0.3) is 0 Å². The molecule has 0 spiro atoms. The van der Waals surface area contributed by atoms with Crippen molar-refractivity contribution in [3.05, 3.63) is 24.3 Å². The quantitative estimate of drug-likeness (QED) is 0.206. The Morgan fingerprint density at radius 2 is 2.07 bits per heavy atom. The van der Waals surface area contributed by atoms with Gasteiger partial charge in [-0.2, -0.15) is 0 Å². The van der Waals surface area contributed by atoms with Crippen molar-refractivity contribution in [3.63, 3.8) is 0 Å². The second kappa shape index (κ2) is 9.71. The summed E-state index contributed by atoms with van der Waals surface area (Å²) in [5.41, 5.74) is 0. The minimum absolute atomic E-state index is 0.149. The van der Waals surface area contributed by atoms with Crippen LogP contribution in [0.15, 0.2) is 24.3 Å². The zero-order chi connectivity index (χ0) is 10.6. The van der Waals surface area contributed by atoms with Gasteiger partial charge in [-0.05, 0) is 25.8 Å². The maximum Gasteiger partial charge on any atom is 0.305 e. The first kappa shape index (κ1) is 12.6. The predicted octanol–water partition coefficient (Wildman–Crippen LogP) is 2.03. The molecule has 0 rings (SSSR count). The summed E-state index contributed by atoms with van der Waals surface area (Å²) in [5.74, 6) is -0.149. The van der Waals surface area contributed by atoms with Gasteiger partial charge >= 0.3 is 5.97 Å². The molecule has 0 aliphatic carbocycles. The van der Waals surface area contributed by atoms with Gasteiger partial charge in [-0.25, -0.2) is 0 Å². The highest BCUT2D eigenvalue weighted by molar-refractivity contribution is 5.69. The molecule has 0 aromatic rings. The first-order valence-corrected chi connectivity index (χ1v) is 4.73. The Kier molecular flexibility index (Phi) is 8.75. The number of carbonyl (C=O) groups excluding carboxylic acids is 2. The standard InChI is InChI=1S/C11H16O3/c1-2-14-11(13)9-7-5-3-4-6-8-10-12/h3-4,6,8,10H,2,5,7,9H2,1H3/b4-3-,8-6+. The molecule has 0 N–H and O–H groups in total. The monoisotopic (exact) mass is 196 g/mol. The summed E-state index contributed by atoms with van der Waals surface area (Å²) in [4.78, 5) is 20.7. The number of hydrogen-bond donors (Lipinski definition) is 0. The Labute approximate surface area is 84.4 Å². The van der Waals surface area contributed by atoms with E-state index in [1.54, 1.807) is 19.1 Å². The summed E-state index contributed by atoms with van der Waals surface area (Å²) in [6, 6.07) is 0. The average molecular weight is 196 g/mol. The van der Waals surface area contributed by atoms with Crippen molar-refractivity contribution in [1.82, 2.24) is 0 Å². The van der Waals surface area contributed by atoms with Crippen LogP contribution in [0.3, 0.4) is 0 Å². The number of allylic oxidation sites excluding steroid dienone is 4. The van der Waals surface area contributed by atoms with Crippen molar-refractivity contribution in [1.29, 1.82) is 0 Å². The van der Waals surface area contributed by atoms with Crippen molar-refractivity contribution >= 4 is 12.3 Å². The molecule has 0 bridgehead atoms. The fourth-order valence-electron chi connectivity index (χ4n) is 0.882. The van der Waals surface area contributed by atoms with Gasteiger partial charge in [0, 0.05) is 6.42 Å². The van der Waals surface area contributed by atoms with E-state index >= 15 is 0 Å². The van der Waals surface area contributed by atoms with Crippen LogP contribution in [-0.4, -0.2) is 18.9 Å². The van der Waals surface area contributed by atoms with Crippen molar-refractivity contribution in [2.24, 2.45) is 0 Å². The molecule has 78 valence electrons. The lowest BCUT2D eigenvalue weighted by molar-refractivity contribution is -0.143. The molecule has 0 aliphatic heterocycles. The van der Waals surface area contributed by atoms with Crippen LogP contribution in [0, 0.1) is 0 Å². The zero-order valence-corrected chi connectivity index (χ0v) is 8.44. The highest BCUT2D eigenvalue weighted by Crippen LogP contribution is 1.98. The molecule has 0 fully saturated rings. The fraction of sp³-hybridized carbons (Fsp3) is 0.455.